The van der Waals surface area contributed by atoms with Crippen molar-refractivity contribution in [2.24, 2.45) is 0 Å². The first kappa shape index (κ1) is 9.38. The smallest absolute Gasteiger partial charge is 0.203 e. The summed E-state index contributed by atoms with van der Waals surface area (Å²) < 4.78 is 13.7. The predicted molar refractivity (Wildman–Crippen MR) is 55.7 cm³/mol. The highest BCUT2D eigenvalue weighted by molar-refractivity contribution is 14.1. The van der Waals surface area contributed by atoms with Crippen LogP contribution in [0.3, 0.4) is 0 Å². The molecule has 2 aromatic rings. The van der Waals surface area contributed by atoms with Crippen molar-refractivity contribution in [3.8, 4) is 11.4 Å². The van der Waals surface area contributed by atoms with Crippen molar-refractivity contribution in [2.45, 2.75) is 0 Å². The lowest BCUT2D eigenvalue weighted by atomic mass is 10.2. The van der Waals surface area contributed by atoms with Crippen LogP contribution < -0.4 is 0 Å². The van der Waals surface area contributed by atoms with Gasteiger partial charge in [0.15, 0.2) is 6.33 Å². The van der Waals surface area contributed by atoms with E-state index in [1.165, 1.54) is 12.4 Å². The fraction of sp³-hybridized carbons (Fsp3) is 0. The van der Waals surface area contributed by atoms with Crippen LogP contribution in [0.15, 0.2) is 24.5 Å². The number of hydrogen-bond acceptors (Lipinski definition) is 4. The van der Waals surface area contributed by atoms with E-state index < -0.39 is 0 Å². The molecular formula is C8H4FIN4. The van der Waals surface area contributed by atoms with Crippen LogP contribution in [0.2, 0.25) is 0 Å². The molecule has 0 bridgehead atoms. The standard InChI is InChI=1S/C8H4FIN4/c9-6-3-5(1-2-7(6)10)8-13-11-4-12-14-8/h1-4H. The molecule has 0 fully saturated rings. The number of nitrogens with zero attached hydrogens (tertiary/aromatic N) is 4. The monoisotopic (exact) mass is 302 g/mol. The van der Waals surface area contributed by atoms with Gasteiger partial charge in [-0.2, -0.15) is 0 Å². The van der Waals surface area contributed by atoms with Crippen molar-refractivity contribution in [3.05, 3.63) is 33.9 Å². The summed E-state index contributed by atoms with van der Waals surface area (Å²) in [5.41, 5.74) is 0.573. The van der Waals surface area contributed by atoms with Gasteiger partial charge in [0.05, 0.1) is 0 Å². The van der Waals surface area contributed by atoms with Gasteiger partial charge < -0.3 is 0 Å². The summed E-state index contributed by atoms with van der Waals surface area (Å²) in [6, 6.07) is 4.74. The van der Waals surface area contributed by atoms with Gasteiger partial charge in [0, 0.05) is 9.13 Å². The molecule has 0 aliphatic rings. The van der Waals surface area contributed by atoms with Crippen molar-refractivity contribution in [2.75, 3.05) is 0 Å². The van der Waals surface area contributed by atoms with Crippen molar-refractivity contribution in [1.29, 1.82) is 0 Å². The molecule has 0 aliphatic carbocycles. The lowest BCUT2D eigenvalue weighted by molar-refractivity contribution is 0.620. The minimum absolute atomic E-state index is 0.296. The molecule has 14 heavy (non-hydrogen) atoms. The number of hydrogen-bond donors (Lipinski definition) is 0. The number of halogens is 2. The Morgan fingerprint density at radius 1 is 1.14 bits per heavy atom. The highest BCUT2D eigenvalue weighted by Crippen LogP contribution is 2.18. The molecule has 0 radical (unpaired) electrons. The Morgan fingerprint density at radius 2 is 1.86 bits per heavy atom. The van der Waals surface area contributed by atoms with Gasteiger partial charge in [-0.25, -0.2) is 4.39 Å². The molecule has 1 aromatic carbocycles. The zero-order chi connectivity index (χ0) is 9.97. The SMILES string of the molecule is Fc1cc(-c2nncnn2)ccc1I. The molecule has 6 heteroatoms. The largest absolute Gasteiger partial charge is 0.206 e. The Bertz CT molecular complexity index is 448. The summed E-state index contributed by atoms with van der Waals surface area (Å²) in [4.78, 5) is 0. The average Bonchev–Trinajstić information content (AvgIpc) is 2.23. The van der Waals surface area contributed by atoms with E-state index in [-0.39, 0.29) is 5.82 Å². The Morgan fingerprint density at radius 3 is 2.50 bits per heavy atom. The minimum atomic E-state index is -0.296. The number of aromatic nitrogens is 4. The molecule has 0 unspecified atom stereocenters. The summed E-state index contributed by atoms with van der Waals surface area (Å²) >= 11 is 1.91. The molecule has 0 amide bonds. The Kier molecular flexibility index (Phi) is 2.62. The van der Waals surface area contributed by atoms with E-state index in [9.17, 15) is 4.39 Å². The van der Waals surface area contributed by atoms with E-state index in [2.05, 4.69) is 20.4 Å². The zero-order valence-corrected chi connectivity index (χ0v) is 9.01. The highest BCUT2D eigenvalue weighted by atomic mass is 127. The molecule has 0 atom stereocenters. The van der Waals surface area contributed by atoms with E-state index >= 15 is 0 Å². The summed E-state index contributed by atoms with van der Waals surface area (Å²) in [7, 11) is 0. The van der Waals surface area contributed by atoms with Crippen LogP contribution in [0.25, 0.3) is 11.4 Å². The van der Waals surface area contributed by atoms with Crippen LogP contribution in [-0.2, 0) is 0 Å². The van der Waals surface area contributed by atoms with Crippen molar-refractivity contribution in [3.63, 3.8) is 0 Å². The normalized spacial score (nSPS) is 10.1. The minimum Gasteiger partial charge on any atom is -0.206 e. The van der Waals surface area contributed by atoms with Gasteiger partial charge in [-0.15, -0.1) is 20.4 Å². The van der Waals surface area contributed by atoms with E-state index in [4.69, 9.17) is 0 Å². The molecule has 0 aliphatic heterocycles. The topological polar surface area (TPSA) is 51.6 Å². The number of rotatable bonds is 1. The van der Waals surface area contributed by atoms with Crippen LogP contribution in [0.4, 0.5) is 4.39 Å². The van der Waals surface area contributed by atoms with Gasteiger partial charge in [0.1, 0.15) is 5.82 Å². The molecular weight excluding hydrogens is 298 g/mol. The third-order valence-corrected chi connectivity index (χ3v) is 2.46. The van der Waals surface area contributed by atoms with Crippen LogP contribution in [0.1, 0.15) is 0 Å². The molecule has 0 N–H and O–H groups in total. The first-order valence-electron chi connectivity index (χ1n) is 3.73. The van der Waals surface area contributed by atoms with Crippen LogP contribution in [0, 0.1) is 9.39 Å². The highest BCUT2D eigenvalue weighted by Gasteiger charge is 2.05. The maximum atomic E-state index is 13.2. The predicted octanol–water partition coefficient (Wildman–Crippen LogP) is 1.68. The van der Waals surface area contributed by atoms with E-state index in [1.54, 1.807) is 12.1 Å². The first-order chi connectivity index (χ1) is 6.77. The Labute approximate surface area is 92.7 Å². The van der Waals surface area contributed by atoms with Crippen molar-refractivity contribution >= 4 is 22.6 Å². The number of benzene rings is 1. The third kappa shape index (κ3) is 1.84. The molecule has 2 rings (SSSR count). The summed E-state index contributed by atoms with van der Waals surface area (Å²) in [5.74, 6) is 0.0263. The van der Waals surface area contributed by atoms with Gasteiger partial charge in [-0.05, 0) is 40.8 Å². The summed E-state index contributed by atoms with van der Waals surface area (Å²) in [6.07, 6.45) is 1.23. The lowest BCUT2D eigenvalue weighted by Crippen LogP contribution is -1.94. The first-order valence-corrected chi connectivity index (χ1v) is 4.81. The summed E-state index contributed by atoms with van der Waals surface area (Å²) in [6.45, 7) is 0. The van der Waals surface area contributed by atoms with Crippen LogP contribution in [0.5, 0.6) is 0 Å². The molecule has 0 saturated heterocycles. The second-order valence-corrected chi connectivity index (χ2v) is 3.66. The molecule has 1 aromatic heterocycles. The van der Waals surface area contributed by atoms with Gasteiger partial charge in [-0.1, -0.05) is 0 Å². The maximum Gasteiger partial charge on any atom is 0.203 e. The fourth-order valence-electron chi connectivity index (χ4n) is 0.955. The van der Waals surface area contributed by atoms with Crippen LogP contribution >= 0.6 is 22.6 Å². The lowest BCUT2D eigenvalue weighted by Gasteiger charge is -1.98. The second-order valence-electron chi connectivity index (χ2n) is 2.50. The molecule has 1 heterocycles. The van der Waals surface area contributed by atoms with E-state index in [0.29, 0.717) is 15.0 Å². The molecule has 70 valence electrons. The van der Waals surface area contributed by atoms with Gasteiger partial charge >= 0.3 is 0 Å². The van der Waals surface area contributed by atoms with Crippen molar-refractivity contribution < 1.29 is 4.39 Å². The van der Waals surface area contributed by atoms with E-state index in [0.717, 1.165) is 0 Å². The Hall–Kier alpha value is -1.18. The Balaban J connectivity index is 2.48. The zero-order valence-electron chi connectivity index (χ0n) is 6.85. The van der Waals surface area contributed by atoms with Gasteiger partial charge in [0.2, 0.25) is 5.82 Å². The van der Waals surface area contributed by atoms with Crippen molar-refractivity contribution in [1.82, 2.24) is 20.4 Å². The maximum absolute atomic E-state index is 13.2. The third-order valence-electron chi connectivity index (χ3n) is 1.59. The van der Waals surface area contributed by atoms with Gasteiger partial charge in [0.25, 0.3) is 0 Å². The van der Waals surface area contributed by atoms with Gasteiger partial charge in [-0.3, -0.25) is 0 Å². The molecule has 0 spiro atoms. The fourth-order valence-corrected chi connectivity index (χ4v) is 1.29. The second kappa shape index (κ2) is 3.91. The summed E-state index contributed by atoms with van der Waals surface area (Å²) in [5, 5.41) is 14.6. The molecule has 4 nitrogen and oxygen atoms in total. The molecule has 0 saturated carbocycles. The van der Waals surface area contributed by atoms with Crippen LogP contribution in [-0.4, -0.2) is 20.4 Å². The quantitative estimate of drug-likeness (QED) is 0.752. The average molecular weight is 302 g/mol. The van der Waals surface area contributed by atoms with E-state index in [1.807, 2.05) is 22.6 Å².